The monoisotopic (exact) mass is 256 g/mol. The normalized spacial score (nSPS) is 20.8. The van der Waals surface area contributed by atoms with Crippen molar-refractivity contribution in [2.24, 2.45) is 11.7 Å². The molecule has 1 rings (SSSR count). The molecule has 1 saturated carbocycles. The average Bonchev–Trinajstić information content (AvgIpc) is 2.87. The Kier molecular flexibility index (Phi) is 6.61. The molecule has 0 heterocycles. The molecule has 0 aromatic heterocycles. The third kappa shape index (κ3) is 3.69. The fourth-order valence-corrected chi connectivity index (χ4v) is 3.32. The van der Waals surface area contributed by atoms with E-state index in [0.717, 1.165) is 19.6 Å². The van der Waals surface area contributed by atoms with Gasteiger partial charge in [-0.1, -0.05) is 33.6 Å². The van der Waals surface area contributed by atoms with Crippen LogP contribution < -0.4 is 5.73 Å². The lowest BCUT2D eigenvalue weighted by Gasteiger charge is -2.47. The van der Waals surface area contributed by atoms with Gasteiger partial charge in [0.2, 0.25) is 0 Å². The molecule has 0 amide bonds. The largest absolute Gasteiger partial charge is 0.383 e. The molecular formula is C15H32N2O. The van der Waals surface area contributed by atoms with Crippen molar-refractivity contribution >= 4 is 0 Å². The molecule has 0 bridgehead atoms. The van der Waals surface area contributed by atoms with Gasteiger partial charge in [-0.3, -0.25) is 4.90 Å². The second-order valence-corrected chi connectivity index (χ2v) is 6.20. The van der Waals surface area contributed by atoms with E-state index in [9.17, 15) is 0 Å². The highest BCUT2D eigenvalue weighted by Crippen LogP contribution is 2.32. The zero-order valence-electron chi connectivity index (χ0n) is 12.7. The third-order valence-corrected chi connectivity index (χ3v) is 4.39. The maximum atomic E-state index is 6.13. The van der Waals surface area contributed by atoms with Crippen LogP contribution in [0.2, 0.25) is 0 Å². The zero-order chi connectivity index (χ0) is 13.6. The maximum absolute atomic E-state index is 6.13. The maximum Gasteiger partial charge on any atom is 0.0659 e. The molecule has 0 spiro atoms. The van der Waals surface area contributed by atoms with E-state index in [0.29, 0.717) is 18.5 Å². The van der Waals surface area contributed by atoms with E-state index >= 15 is 0 Å². The van der Waals surface area contributed by atoms with Crippen LogP contribution in [0, 0.1) is 5.92 Å². The summed E-state index contributed by atoms with van der Waals surface area (Å²) in [4.78, 5) is 2.67. The summed E-state index contributed by atoms with van der Waals surface area (Å²) in [5, 5.41) is 0. The van der Waals surface area contributed by atoms with Crippen molar-refractivity contribution in [3.05, 3.63) is 0 Å². The topological polar surface area (TPSA) is 38.5 Å². The van der Waals surface area contributed by atoms with Gasteiger partial charge >= 0.3 is 0 Å². The number of ether oxygens (including phenoxy) is 1. The highest BCUT2D eigenvalue weighted by atomic mass is 16.5. The molecule has 1 unspecified atom stereocenters. The van der Waals surface area contributed by atoms with Crippen LogP contribution in [0.3, 0.4) is 0 Å². The number of hydrogen-bond acceptors (Lipinski definition) is 3. The molecule has 0 aliphatic heterocycles. The van der Waals surface area contributed by atoms with Gasteiger partial charge in [0, 0.05) is 26.2 Å². The Morgan fingerprint density at radius 3 is 2.33 bits per heavy atom. The molecule has 108 valence electrons. The smallest absolute Gasteiger partial charge is 0.0659 e. The van der Waals surface area contributed by atoms with Crippen molar-refractivity contribution in [1.82, 2.24) is 4.90 Å². The highest BCUT2D eigenvalue weighted by molar-refractivity contribution is 4.95. The van der Waals surface area contributed by atoms with E-state index in [1.807, 2.05) is 0 Å². The summed E-state index contributed by atoms with van der Waals surface area (Å²) < 4.78 is 5.49. The van der Waals surface area contributed by atoms with Crippen LogP contribution in [0.25, 0.3) is 0 Å². The van der Waals surface area contributed by atoms with Gasteiger partial charge < -0.3 is 10.5 Å². The van der Waals surface area contributed by atoms with Crippen molar-refractivity contribution in [2.75, 3.05) is 26.8 Å². The fourth-order valence-electron chi connectivity index (χ4n) is 3.32. The first-order chi connectivity index (χ1) is 8.59. The third-order valence-electron chi connectivity index (χ3n) is 4.39. The van der Waals surface area contributed by atoms with Gasteiger partial charge in [0.15, 0.2) is 0 Å². The number of nitrogens with two attached hydrogens (primary N) is 1. The van der Waals surface area contributed by atoms with E-state index in [-0.39, 0.29) is 5.54 Å². The first kappa shape index (κ1) is 15.9. The SMILES string of the molecule is CCC(CN)(COC)N(CC(C)C)C1CCCC1. The van der Waals surface area contributed by atoms with Crippen molar-refractivity contribution in [3.63, 3.8) is 0 Å². The lowest BCUT2D eigenvalue weighted by molar-refractivity contribution is -0.0206. The minimum absolute atomic E-state index is 0.0357. The van der Waals surface area contributed by atoms with Crippen molar-refractivity contribution < 1.29 is 4.74 Å². The molecule has 2 N–H and O–H groups in total. The van der Waals surface area contributed by atoms with Gasteiger partial charge in [0.1, 0.15) is 0 Å². The first-order valence-corrected chi connectivity index (χ1v) is 7.55. The molecule has 1 atom stereocenters. The molecule has 3 nitrogen and oxygen atoms in total. The number of nitrogens with zero attached hydrogens (tertiary/aromatic N) is 1. The molecule has 0 saturated heterocycles. The summed E-state index contributed by atoms with van der Waals surface area (Å²) in [7, 11) is 1.79. The number of rotatable bonds is 8. The predicted octanol–water partition coefficient (Wildman–Crippen LogP) is 2.64. The van der Waals surface area contributed by atoms with E-state index in [4.69, 9.17) is 10.5 Å². The van der Waals surface area contributed by atoms with Crippen LogP contribution >= 0.6 is 0 Å². The molecule has 0 aromatic carbocycles. The Balaban J connectivity index is 2.88. The van der Waals surface area contributed by atoms with Crippen LogP contribution in [0.1, 0.15) is 52.9 Å². The number of hydrogen-bond donors (Lipinski definition) is 1. The minimum atomic E-state index is 0.0357. The summed E-state index contributed by atoms with van der Waals surface area (Å²) in [6, 6.07) is 0.714. The summed E-state index contributed by atoms with van der Waals surface area (Å²) in [5.41, 5.74) is 6.16. The minimum Gasteiger partial charge on any atom is -0.383 e. The van der Waals surface area contributed by atoms with Crippen LogP contribution in [-0.2, 0) is 4.74 Å². The van der Waals surface area contributed by atoms with Gasteiger partial charge in [-0.15, -0.1) is 0 Å². The van der Waals surface area contributed by atoms with Gasteiger partial charge in [0.25, 0.3) is 0 Å². The van der Waals surface area contributed by atoms with Gasteiger partial charge in [-0.05, 0) is 25.2 Å². The summed E-state index contributed by atoms with van der Waals surface area (Å²) in [6.45, 7) is 9.42. The molecule has 0 radical (unpaired) electrons. The molecule has 0 aromatic rings. The van der Waals surface area contributed by atoms with Crippen LogP contribution in [0.15, 0.2) is 0 Å². The summed E-state index contributed by atoms with van der Waals surface area (Å²) >= 11 is 0. The standard InChI is InChI=1S/C15H32N2O/c1-5-15(11-16,12-18-4)17(10-13(2)3)14-8-6-7-9-14/h13-14H,5-12,16H2,1-4H3. The molecule has 1 fully saturated rings. The van der Waals surface area contributed by atoms with Crippen LogP contribution in [0.4, 0.5) is 0 Å². The molecular weight excluding hydrogens is 224 g/mol. The fraction of sp³-hybridized carbons (Fsp3) is 1.00. The Morgan fingerprint density at radius 1 is 1.33 bits per heavy atom. The van der Waals surface area contributed by atoms with Gasteiger partial charge in [-0.25, -0.2) is 0 Å². The summed E-state index contributed by atoms with van der Waals surface area (Å²) in [6.07, 6.45) is 6.48. The number of methoxy groups -OCH3 is 1. The lowest BCUT2D eigenvalue weighted by Crippen LogP contribution is -2.60. The van der Waals surface area contributed by atoms with Crippen LogP contribution in [0.5, 0.6) is 0 Å². The van der Waals surface area contributed by atoms with Crippen LogP contribution in [-0.4, -0.2) is 43.3 Å². The predicted molar refractivity (Wildman–Crippen MR) is 77.8 cm³/mol. The van der Waals surface area contributed by atoms with Crippen molar-refractivity contribution in [1.29, 1.82) is 0 Å². The van der Waals surface area contributed by atoms with E-state index in [2.05, 4.69) is 25.7 Å². The Hall–Kier alpha value is -0.120. The van der Waals surface area contributed by atoms with Gasteiger partial charge in [0.05, 0.1) is 12.1 Å². The Bertz CT molecular complexity index is 221. The van der Waals surface area contributed by atoms with E-state index < -0.39 is 0 Å². The quantitative estimate of drug-likeness (QED) is 0.725. The molecule has 3 heteroatoms. The molecule has 1 aliphatic carbocycles. The summed E-state index contributed by atoms with van der Waals surface area (Å²) in [5.74, 6) is 0.680. The van der Waals surface area contributed by atoms with Crippen molar-refractivity contribution in [3.8, 4) is 0 Å². The average molecular weight is 256 g/mol. The van der Waals surface area contributed by atoms with Crippen molar-refractivity contribution in [2.45, 2.75) is 64.5 Å². The zero-order valence-corrected chi connectivity index (χ0v) is 12.7. The van der Waals surface area contributed by atoms with Gasteiger partial charge in [-0.2, -0.15) is 0 Å². The first-order valence-electron chi connectivity index (χ1n) is 7.55. The van der Waals surface area contributed by atoms with E-state index in [1.54, 1.807) is 7.11 Å². The second-order valence-electron chi connectivity index (χ2n) is 6.20. The highest BCUT2D eigenvalue weighted by Gasteiger charge is 2.39. The van der Waals surface area contributed by atoms with E-state index in [1.165, 1.54) is 25.7 Å². The molecule has 18 heavy (non-hydrogen) atoms. The molecule has 1 aliphatic rings. The lowest BCUT2D eigenvalue weighted by atomic mass is 9.91. The second kappa shape index (κ2) is 7.46. The Labute approximate surface area is 113 Å². The Morgan fingerprint density at radius 2 is 1.94 bits per heavy atom.